The predicted molar refractivity (Wildman–Crippen MR) is 166 cm³/mol. The molecule has 7 rings (SSSR count). The number of fused-ring (bicyclic) bond motifs is 4. The number of furan rings is 1. The number of nitrogens with zero attached hydrogens (tertiary/aromatic N) is 5. The highest BCUT2D eigenvalue weighted by molar-refractivity contribution is 6.10. The minimum Gasteiger partial charge on any atom is -0.455 e. The molecule has 0 radical (unpaired) electrons. The smallest absolute Gasteiger partial charge is 0.204 e. The van der Waals surface area contributed by atoms with Gasteiger partial charge in [-0.1, -0.05) is 93.9 Å². The maximum atomic E-state index is 6.67. The van der Waals surface area contributed by atoms with Crippen molar-refractivity contribution in [3.05, 3.63) is 102 Å². The fourth-order valence-electron chi connectivity index (χ4n) is 5.92. The van der Waals surface area contributed by atoms with Crippen LogP contribution in [0.2, 0.25) is 0 Å². The van der Waals surface area contributed by atoms with Gasteiger partial charge in [0.15, 0.2) is 5.82 Å². The second-order valence-electron chi connectivity index (χ2n) is 11.4. The van der Waals surface area contributed by atoms with Gasteiger partial charge in [-0.15, -0.1) is 10.2 Å². The van der Waals surface area contributed by atoms with E-state index in [1.165, 1.54) is 22.3 Å². The maximum absolute atomic E-state index is 6.67. The van der Waals surface area contributed by atoms with Gasteiger partial charge in [-0.05, 0) is 64.4 Å². The van der Waals surface area contributed by atoms with Crippen LogP contribution in [0, 0.1) is 6.92 Å². The number of para-hydroxylation sites is 2. The highest BCUT2D eigenvalue weighted by Gasteiger charge is 2.25. The molecule has 0 saturated carbocycles. The number of benzene rings is 4. The Balaban J connectivity index is 1.53. The summed E-state index contributed by atoms with van der Waals surface area (Å²) in [6, 6.07) is 27.8. The highest BCUT2D eigenvalue weighted by Crippen LogP contribution is 2.41. The molecule has 202 valence electrons. The van der Waals surface area contributed by atoms with Gasteiger partial charge in [-0.2, -0.15) is 0 Å². The monoisotopic (exact) mass is 537 g/mol. The second-order valence-corrected chi connectivity index (χ2v) is 11.4. The van der Waals surface area contributed by atoms with Crippen LogP contribution in [0.4, 0.5) is 0 Å². The first-order valence-corrected chi connectivity index (χ1v) is 14.1. The van der Waals surface area contributed by atoms with Gasteiger partial charge in [-0.3, -0.25) is 4.57 Å². The van der Waals surface area contributed by atoms with Crippen LogP contribution in [-0.4, -0.2) is 25.0 Å². The zero-order chi connectivity index (χ0) is 28.2. The molecule has 0 spiro atoms. The van der Waals surface area contributed by atoms with Crippen LogP contribution >= 0.6 is 0 Å². The third kappa shape index (κ3) is 4.10. The first-order valence-electron chi connectivity index (χ1n) is 14.1. The topological polar surface area (TPSA) is 69.6 Å². The lowest BCUT2D eigenvalue weighted by molar-refractivity contribution is 0.669. The molecular weight excluding hydrogens is 506 g/mol. The molecule has 6 heteroatoms. The molecule has 3 heterocycles. The summed E-state index contributed by atoms with van der Waals surface area (Å²) in [4.78, 5) is 5.04. The van der Waals surface area contributed by atoms with Crippen molar-refractivity contribution in [3.63, 3.8) is 0 Å². The van der Waals surface area contributed by atoms with Crippen LogP contribution < -0.4 is 0 Å². The predicted octanol–water partition coefficient (Wildman–Crippen LogP) is 9.00. The van der Waals surface area contributed by atoms with Gasteiger partial charge >= 0.3 is 0 Å². The molecule has 0 fully saturated rings. The number of hydrogen-bond donors (Lipinski definition) is 0. The van der Waals surface area contributed by atoms with E-state index in [9.17, 15) is 0 Å². The van der Waals surface area contributed by atoms with Gasteiger partial charge in [0.25, 0.3) is 0 Å². The van der Waals surface area contributed by atoms with Crippen molar-refractivity contribution in [2.45, 2.75) is 46.5 Å². The Kier molecular flexibility index (Phi) is 5.93. The van der Waals surface area contributed by atoms with Gasteiger partial charge in [0.2, 0.25) is 5.65 Å². The lowest BCUT2D eigenvalue weighted by atomic mass is 9.92. The number of aryl methyl sites for hydroxylation is 1. The van der Waals surface area contributed by atoms with E-state index in [2.05, 4.69) is 133 Å². The van der Waals surface area contributed by atoms with Crippen molar-refractivity contribution in [3.8, 4) is 28.2 Å². The summed E-state index contributed by atoms with van der Waals surface area (Å²) in [6.45, 7) is 11.0. The molecule has 0 N–H and O–H groups in total. The molecule has 4 aromatic carbocycles. The first kappa shape index (κ1) is 25.1. The molecule has 0 saturated heterocycles. The average molecular weight is 538 g/mol. The lowest BCUT2D eigenvalue weighted by Crippen LogP contribution is -2.08. The summed E-state index contributed by atoms with van der Waals surface area (Å²) < 4.78 is 8.88. The molecule has 7 aromatic rings. The van der Waals surface area contributed by atoms with Crippen molar-refractivity contribution in [2.24, 2.45) is 0 Å². The fraction of sp³-hybridized carbons (Fsp3) is 0.200. The fourth-order valence-corrected chi connectivity index (χ4v) is 5.92. The Hall–Kier alpha value is -4.84. The molecule has 6 nitrogen and oxygen atoms in total. The molecule has 3 aromatic heterocycles. The Bertz CT molecular complexity index is 2060. The normalized spacial score (nSPS) is 12.0. The summed E-state index contributed by atoms with van der Waals surface area (Å²) in [6.07, 6.45) is 1.76. The zero-order valence-corrected chi connectivity index (χ0v) is 23.9. The molecular formula is C35H31N5O. The van der Waals surface area contributed by atoms with Crippen LogP contribution in [0.1, 0.15) is 56.2 Å². The van der Waals surface area contributed by atoms with Crippen LogP contribution in [0.3, 0.4) is 0 Å². The van der Waals surface area contributed by atoms with E-state index in [1.54, 1.807) is 6.20 Å². The first-order chi connectivity index (χ1) is 19.9. The van der Waals surface area contributed by atoms with Crippen LogP contribution in [0.5, 0.6) is 0 Å². The summed E-state index contributed by atoms with van der Waals surface area (Å²) >= 11 is 0. The minimum atomic E-state index is 0.304. The van der Waals surface area contributed by atoms with Crippen LogP contribution in [0.15, 0.2) is 89.5 Å². The summed E-state index contributed by atoms with van der Waals surface area (Å²) in [5, 5.41) is 14.5. The van der Waals surface area contributed by atoms with Gasteiger partial charge in [0.05, 0.1) is 17.4 Å². The Labute approximate surface area is 238 Å². The maximum Gasteiger partial charge on any atom is 0.204 e. The highest BCUT2D eigenvalue weighted by atomic mass is 16.3. The summed E-state index contributed by atoms with van der Waals surface area (Å²) in [5.41, 5.74) is 11.1. The summed E-state index contributed by atoms with van der Waals surface area (Å²) in [5.74, 6) is 1.37. The van der Waals surface area contributed by atoms with E-state index in [-0.39, 0.29) is 0 Å². The molecule has 41 heavy (non-hydrogen) atoms. The molecule has 0 aliphatic rings. The van der Waals surface area contributed by atoms with Gasteiger partial charge in [0, 0.05) is 10.8 Å². The van der Waals surface area contributed by atoms with E-state index >= 15 is 0 Å². The van der Waals surface area contributed by atoms with Crippen LogP contribution in [-0.2, 0) is 0 Å². The van der Waals surface area contributed by atoms with E-state index in [0.717, 1.165) is 50.1 Å². The Morgan fingerprint density at radius 2 is 1.49 bits per heavy atom. The molecule has 0 amide bonds. The van der Waals surface area contributed by atoms with Crippen molar-refractivity contribution in [2.75, 3.05) is 0 Å². The SMILES string of the molecule is Cc1cccc(-c2ccc3c(c2)oc2c(-c4nc5nnncc5n4-c4c(C(C)C)cccc4C(C)C)cccc23)c1. The molecule has 0 bridgehead atoms. The number of hydrogen-bond acceptors (Lipinski definition) is 5. The molecule has 0 atom stereocenters. The molecule has 0 unspecified atom stereocenters. The second kappa shape index (κ2) is 9.66. The standard InChI is InChI=1S/C35H31N5O/c1-20(2)25-11-7-12-26(21(3)4)32(25)40-30-19-36-39-38-34(30)37-35(40)29-14-8-13-28-27-16-15-24(18-31(27)41-33(28)29)23-10-6-9-22(5)17-23/h6-21H,1-5H3. The van der Waals surface area contributed by atoms with Gasteiger partial charge in [-0.25, -0.2) is 4.98 Å². The average Bonchev–Trinajstić information content (AvgIpc) is 3.54. The molecule has 0 aliphatic heterocycles. The third-order valence-corrected chi connectivity index (χ3v) is 7.92. The van der Waals surface area contributed by atoms with E-state index in [0.29, 0.717) is 17.5 Å². The largest absolute Gasteiger partial charge is 0.455 e. The minimum absolute atomic E-state index is 0.304. The van der Waals surface area contributed by atoms with Gasteiger partial charge < -0.3 is 4.42 Å². The Morgan fingerprint density at radius 1 is 0.756 bits per heavy atom. The van der Waals surface area contributed by atoms with Crippen molar-refractivity contribution >= 4 is 33.1 Å². The lowest BCUT2D eigenvalue weighted by Gasteiger charge is -2.22. The van der Waals surface area contributed by atoms with E-state index < -0.39 is 0 Å². The van der Waals surface area contributed by atoms with Gasteiger partial charge in [0.1, 0.15) is 16.7 Å². The number of rotatable bonds is 5. The van der Waals surface area contributed by atoms with E-state index in [4.69, 9.17) is 9.40 Å². The number of imidazole rings is 1. The van der Waals surface area contributed by atoms with Crippen molar-refractivity contribution in [1.82, 2.24) is 25.0 Å². The van der Waals surface area contributed by atoms with Crippen LogP contribution in [0.25, 0.3) is 61.3 Å². The number of aromatic nitrogens is 5. The third-order valence-electron chi connectivity index (χ3n) is 7.92. The van der Waals surface area contributed by atoms with Crippen molar-refractivity contribution < 1.29 is 4.42 Å². The zero-order valence-electron chi connectivity index (χ0n) is 23.9. The Morgan fingerprint density at radius 3 is 2.24 bits per heavy atom. The quantitative estimate of drug-likeness (QED) is 0.219. The van der Waals surface area contributed by atoms with E-state index in [1.807, 2.05) is 0 Å². The van der Waals surface area contributed by atoms with Crippen molar-refractivity contribution in [1.29, 1.82) is 0 Å². The summed E-state index contributed by atoms with van der Waals surface area (Å²) in [7, 11) is 0. The molecule has 0 aliphatic carbocycles.